The smallest absolute Gasteiger partial charge is 0.0920 e. The Bertz CT molecular complexity index is 542. The molecule has 1 saturated heterocycles. The molecule has 0 bridgehead atoms. The lowest BCUT2D eigenvalue weighted by atomic mass is 9.93. The predicted molar refractivity (Wildman–Crippen MR) is 73.5 cm³/mol. The Kier molecular flexibility index (Phi) is 3.55. The summed E-state index contributed by atoms with van der Waals surface area (Å²) in [7, 11) is 1.91. The Morgan fingerprint density at radius 3 is 2.84 bits per heavy atom. The second-order valence-electron chi connectivity index (χ2n) is 5.20. The van der Waals surface area contributed by atoms with Crippen LogP contribution in [0.1, 0.15) is 18.5 Å². The molecule has 3 rings (SSSR count). The highest BCUT2D eigenvalue weighted by Crippen LogP contribution is 2.19. The SMILES string of the molecule is Cn1cc(-c2cncc(CC3CCNCC3)n2)cn1. The molecule has 5 nitrogen and oxygen atoms in total. The van der Waals surface area contributed by atoms with Gasteiger partial charge in [0.15, 0.2) is 0 Å². The standard InChI is InChI=1S/C14H19N5/c1-19-10-12(7-17-19)14-9-16-8-13(18-14)6-11-2-4-15-5-3-11/h7-11,15H,2-6H2,1H3. The molecule has 2 aromatic heterocycles. The van der Waals surface area contributed by atoms with Gasteiger partial charge in [-0.2, -0.15) is 5.10 Å². The van der Waals surface area contributed by atoms with E-state index in [0.29, 0.717) is 0 Å². The molecule has 0 amide bonds. The molecule has 0 aromatic carbocycles. The van der Waals surface area contributed by atoms with E-state index in [1.54, 1.807) is 4.68 Å². The van der Waals surface area contributed by atoms with Gasteiger partial charge in [0.2, 0.25) is 0 Å². The number of nitrogens with zero attached hydrogens (tertiary/aromatic N) is 4. The minimum absolute atomic E-state index is 0.736. The maximum Gasteiger partial charge on any atom is 0.0920 e. The number of hydrogen-bond acceptors (Lipinski definition) is 4. The van der Waals surface area contributed by atoms with Crippen LogP contribution in [0, 0.1) is 5.92 Å². The maximum atomic E-state index is 4.71. The van der Waals surface area contributed by atoms with Gasteiger partial charge in [0.25, 0.3) is 0 Å². The summed E-state index contributed by atoms with van der Waals surface area (Å²) in [5, 5.41) is 7.57. The van der Waals surface area contributed by atoms with Gasteiger partial charge in [-0.25, -0.2) is 4.98 Å². The van der Waals surface area contributed by atoms with Gasteiger partial charge in [-0.1, -0.05) is 0 Å². The van der Waals surface area contributed by atoms with Crippen LogP contribution < -0.4 is 5.32 Å². The molecule has 0 atom stereocenters. The van der Waals surface area contributed by atoms with Crippen LogP contribution in [0.5, 0.6) is 0 Å². The largest absolute Gasteiger partial charge is 0.317 e. The Morgan fingerprint density at radius 1 is 1.26 bits per heavy atom. The number of aryl methyl sites for hydroxylation is 1. The second-order valence-corrected chi connectivity index (χ2v) is 5.20. The van der Waals surface area contributed by atoms with Crippen molar-refractivity contribution in [2.75, 3.05) is 13.1 Å². The molecule has 0 radical (unpaired) electrons. The minimum Gasteiger partial charge on any atom is -0.317 e. The average Bonchev–Trinajstić information content (AvgIpc) is 2.87. The zero-order chi connectivity index (χ0) is 13.1. The molecule has 100 valence electrons. The zero-order valence-electron chi connectivity index (χ0n) is 11.2. The Morgan fingerprint density at radius 2 is 2.11 bits per heavy atom. The molecular weight excluding hydrogens is 238 g/mol. The summed E-state index contributed by atoms with van der Waals surface area (Å²) in [6, 6.07) is 0. The van der Waals surface area contributed by atoms with Crippen molar-refractivity contribution in [3.8, 4) is 11.3 Å². The molecule has 1 aliphatic heterocycles. The van der Waals surface area contributed by atoms with Gasteiger partial charge in [-0.15, -0.1) is 0 Å². The van der Waals surface area contributed by atoms with Crippen molar-refractivity contribution in [3.05, 3.63) is 30.5 Å². The van der Waals surface area contributed by atoms with Crippen LogP contribution in [0.4, 0.5) is 0 Å². The predicted octanol–water partition coefficient (Wildman–Crippen LogP) is 1.42. The van der Waals surface area contributed by atoms with Crippen LogP contribution in [0.15, 0.2) is 24.8 Å². The Hall–Kier alpha value is -1.75. The Balaban J connectivity index is 1.75. The number of nitrogens with one attached hydrogen (secondary N) is 1. The second kappa shape index (κ2) is 5.48. The first-order valence-corrected chi connectivity index (χ1v) is 6.82. The molecule has 0 spiro atoms. The van der Waals surface area contributed by atoms with Crippen molar-refractivity contribution >= 4 is 0 Å². The van der Waals surface area contributed by atoms with Gasteiger partial charge >= 0.3 is 0 Å². The third kappa shape index (κ3) is 2.98. The molecular formula is C14H19N5. The molecule has 0 unspecified atom stereocenters. The van der Waals surface area contributed by atoms with E-state index in [-0.39, 0.29) is 0 Å². The van der Waals surface area contributed by atoms with Gasteiger partial charge in [0.1, 0.15) is 0 Å². The van der Waals surface area contributed by atoms with Crippen molar-refractivity contribution in [1.29, 1.82) is 0 Å². The van der Waals surface area contributed by atoms with Crippen LogP contribution in [0.3, 0.4) is 0 Å². The highest BCUT2D eigenvalue weighted by molar-refractivity contribution is 5.55. The zero-order valence-corrected chi connectivity index (χ0v) is 11.2. The maximum absolute atomic E-state index is 4.71. The van der Waals surface area contributed by atoms with Crippen LogP contribution in [-0.2, 0) is 13.5 Å². The fraction of sp³-hybridized carbons (Fsp3) is 0.500. The summed E-state index contributed by atoms with van der Waals surface area (Å²) in [6.07, 6.45) is 11.0. The first-order valence-electron chi connectivity index (χ1n) is 6.82. The first-order chi connectivity index (χ1) is 9.31. The summed E-state index contributed by atoms with van der Waals surface area (Å²) in [5.74, 6) is 0.736. The molecule has 19 heavy (non-hydrogen) atoms. The van der Waals surface area contributed by atoms with E-state index in [4.69, 9.17) is 4.98 Å². The summed E-state index contributed by atoms with van der Waals surface area (Å²) >= 11 is 0. The van der Waals surface area contributed by atoms with Gasteiger partial charge < -0.3 is 5.32 Å². The quantitative estimate of drug-likeness (QED) is 0.903. The Labute approximate surface area is 113 Å². The van der Waals surface area contributed by atoms with Crippen molar-refractivity contribution in [3.63, 3.8) is 0 Å². The molecule has 2 aromatic rings. The van der Waals surface area contributed by atoms with E-state index in [2.05, 4.69) is 15.4 Å². The molecule has 1 aliphatic rings. The van der Waals surface area contributed by atoms with Crippen LogP contribution in [0.25, 0.3) is 11.3 Å². The van der Waals surface area contributed by atoms with E-state index in [0.717, 1.165) is 42.4 Å². The number of hydrogen-bond donors (Lipinski definition) is 1. The molecule has 1 N–H and O–H groups in total. The number of piperidine rings is 1. The lowest BCUT2D eigenvalue weighted by Gasteiger charge is -2.22. The molecule has 1 fully saturated rings. The summed E-state index contributed by atoms with van der Waals surface area (Å²) < 4.78 is 1.79. The van der Waals surface area contributed by atoms with Crippen LogP contribution in [0.2, 0.25) is 0 Å². The van der Waals surface area contributed by atoms with Crippen molar-refractivity contribution in [1.82, 2.24) is 25.1 Å². The lowest BCUT2D eigenvalue weighted by Crippen LogP contribution is -2.28. The van der Waals surface area contributed by atoms with Crippen molar-refractivity contribution < 1.29 is 0 Å². The topological polar surface area (TPSA) is 55.6 Å². The fourth-order valence-electron chi connectivity index (χ4n) is 2.58. The molecule has 0 saturated carbocycles. The number of rotatable bonds is 3. The summed E-state index contributed by atoms with van der Waals surface area (Å²) in [5.41, 5.74) is 3.04. The molecule has 3 heterocycles. The first kappa shape index (κ1) is 12.3. The summed E-state index contributed by atoms with van der Waals surface area (Å²) in [6.45, 7) is 2.25. The van der Waals surface area contributed by atoms with Crippen LogP contribution >= 0.6 is 0 Å². The van der Waals surface area contributed by atoms with E-state index >= 15 is 0 Å². The average molecular weight is 257 g/mol. The highest BCUT2D eigenvalue weighted by atomic mass is 15.2. The molecule has 0 aliphatic carbocycles. The van der Waals surface area contributed by atoms with Crippen molar-refractivity contribution in [2.24, 2.45) is 13.0 Å². The van der Waals surface area contributed by atoms with E-state index in [9.17, 15) is 0 Å². The highest BCUT2D eigenvalue weighted by Gasteiger charge is 2.14. The van der Waals surface area contributed by atoms with E-state index in [1.807, 2.05) is 31.8 Å². The van der Waals surface area contributed by atoms with E-state index < -0.39 is 0 Å². The third-order valence-corrected chi connectivity index (χ3v) is 3.64. The fourth-order valence-corrected chi connectivity index (χ4v) is 2.58. The lowest BCUT2D eigenvalue weighted by molar-refractivity contribution is 0.370. The molecule has 5 heteroatoms. The monoisotopic (exact) mass is 257 g/mol. The van der Waals surface area contributed by atoms with Gasteiger partial charge in [-0.05, 0) is 38.3 Å². The van der Waals surface area contributed by atoms with Gasteiger partial charge in [0.05, 0.1) is 23.8 Å². The number of aromatic nitrogens is 4. The van der Waals surface area contributed by atoms with Gasteiger partial charge in [0, 0.05) is 25.0 Å². The van der Waals surface area contributed by atoms with Crippen molar-refractivity contribution in [2.45, 2.75) is 19.3 Å². The van der Waals surface area contributed by atoms with Crippen LogP contribution in [-0.4, -0.2) is 32.8 Å². The van der Waals surface area contributed by atoms with Gasteiger partial charge in [-0.3, -0.25) is 9.67 Å². The third-order valence-electron chi connectivity index (χ3n) is 3.64. The summed E-state index contributed by atoms with van der Waals surface area (Å²) in [4.78, 5) is 9.03. The van der Waals surface area contributed by atoms with E-state index in [1.165, 1.54) is 12.8 Å². The minimum atomic E-state index is 0.736. The normalized spacial score (nSPS) is 16.7.